The second-order valence-electron chi connectivity index (χ2n) is 6.00. The summed E-state index contributed by atoms with van der Waals surface area (Å²) < 4.78 is 0. The van der Waals surface area contributed by atoms with Gasteiger partial charge < -0.3 is 15.5 Å². The Labute approximate surface area is 137 Å². The summed E-state index contributed by atoms with van der Waals surface area (Å²) in [7, 11) is 0. The van der Waals surface area contributed by atoms with E-state index in [-0.39, 0.29) is 18.4 Å². The molecular weight excluding hydrogens is 290 g/mol. The average molecular weight is 315 g/mol. The highest BCUT2D eigenvalue weighted by molar-refractivity contribution is 5.94. The number of amides is 2. The first kappa shape index (κ1) is 17.1. The van der Waals surface area contributed by atoms with Crippen molar-refractivity contribution in [2.45, 2.75) is 19.8 Å². The minimum atomic E-state index is -0.0903. The third-order valence-corrected chi connectivity index (χ3v) is 4.10. The van der Waals surface area contributed by atoms with Crippen molar-refractivity contribution in [3.05, 3.63) is 42.5 Å². The fraction of sp³-hybridized carbons (Fsp3) is 0.444. The molecule has 1 aromatic rings. The average Bonchev–Trinajstić information content (AvgIpc) is 2.58. The highest BCUT2D eigenvalue weighted by Crippen LogP contribution is 2.19. The number of piperidine rings is 1. The number of rotatable bonds is 6. The van der Waals surface area contributed by atoms with E-state index in [2.05, 4.69) is 24.1 Å². The number of nitrogens with one attached hydrogen (secondary N) is 2. The molecule has 0 atom stereocenters. The molecule has 0 bridgehead atoms. The maximum atomic E-state index is 12.4. The molecule has 2 rings (SSSR count). The van der Waals surface area contributed by atoms with Crippen LogP contribution in [0.5, 0.6) is 0 Å². The van der Waals surface area contributed by atoms with E-state index in [1.165, 1.54) is 0 Å². The number of likely N-dealkylation sites (tertiary alicyclic amines) is 1. The van der Waals surface area contributed by atoms with Gasteiger partial charge in [0, 0.05) is 30.9 Å². The Hall–Kier alpha value is -2.30. The monoisotopic (exact) mass is 315 g/mol. The lowest BCUT2D eigenvalue weighted by atomic mass is 9.98. The van der Waals surface area contributed by atoms with Crippen molar-refractivity contribution >= 4 is 17.5 Å². The second kappa shape index (κ2) is 8.36. The summed E-state index contributed by atoms with van der Waals surface area (Å²) in [6.07, 6.45) is 3.79. The predicted octanol–water partition coefficient (Wildman–Crippen LogP) is 2.27. The van der Waals surface area contributed by atoms with Crippen LogP contribution >= 0.6 is 0 Å². The molecule has 23 heavy (non-hydrogen) atoms. The van der Waals surface area contributed by atoms with Crippen LogP contribution in [-0.4, -0.2) is 42.9 Å². The molecule has 0 radical (unpaired) electrons. The van der Waals surface area contributed by atoms with E-state index < -0.39 is 0 Å². The van der Waals surface area contributed by atoms with Crippen molar-refractivity contribution < 1.29 is 9.59 Å². The number of hydrogen-bond acceptors (Lipinski definition) is 3. The number of nitrogens with zero attached hydrogens (tertiary/aromatic N) is 1. The van der Waals surface area contributed by atoms with Gasteiger partial charge in [0.1, 0.15) is 0 Å². The first-order chi connectivity index (χ1) is 11.1. The van der Waals surface area contributed by atoms with Gasteiger partial charge in [-0.15, -0.1) is 6.58 Å². The summed E-state index contributed by atoms with van der Waals surface area (Å²) in [5.74, 6) is 0.706. The van der Waals surface area contributed by atoms with Crippen LogP contribution in [0.3, 0.4) is 0 Å². The van der Waals surface area contributed by atoms with Crippen LogP contribution in [0.2, 0.25) is 0 Å². The van der Waals surface area contributed by atoms with Crippen molar-refractivity contribution in [1.82, 2.24) is 10.2 Å². The van der Waals surface area contributed by atoms with Gasteiger partial charge in [0.25, 0.3) is 5.91 Å². The van der Waals surface area contributed by atoms with Crippen LogP contribution < -0.4 is 10.6 Å². The molecular formula is C18H25N3O2. The van der Waals surface area contributed by atoms with Crippen LogP contribution in [0.1, 0.15) is 30.1 Å². The molecule has 1 heterocycles. The summed E-state index contributed by atoms with van der Waals surface area (Å²) in [6.45, 7) is 8.11. The molecule has 0 spiro atoms. The third-order valence-electron chi connectivity index (χ3n) is 4.10. The van der Waals surface area contributed by atoms with Gasteiger partial charge >= 0.3 is 0 Å². The minimum Gasteiger partial charge on any atom is -0.376 e. The number of hydrogen-bond donors (Lipinski definition) is 2. The van der Waals surface area contributed by atoms with Crippen molar-refractivity contribution in [3.8, 4) is 0 Å². The number of anilines is 1. The van der Waals surface area contributed by atoms with Crippen LogP contribution in [0.4, 0.5) is 5.69 Å². The SMILES string of the molecule is C=CCNC(=O)CNc1ccc(C(=O)N2CCC(C)CC2)cc1. The summed E-state index contributed by atoms with van der Waals surface area (Å²) in [4.78, 5) is 25.9. The Bertz CT molecular complexity index is 546. The standard InChI is InChI=1S/C18H25N3O2/c1-3-10-19-17(22)13-20-16-6-4-15(5-7-16)18(23)21-11-8-14(2)9-12-21/h3-7,14,20H,1,8-13H2,2H3,(H,19,22). The van der Waals surface area contributed by atoms with Crippen LogP contribution in [0, 0.1) is 5.92 Å². The lowest BCUT2D eigenvalue weighted by molar-refractivity contribution is -0.119. The minimum absolute atomic E-state index is 0.0900. The molecule has 2 N–H and O–H groups in total. The van der Waals surface area contributed by atoms with Gasteiger partial charge in [-0.2, -0.15) is 0 Å². The Morgan fingerprint density at radius 3 is 2.52 bits per heavy atom. The zero-order valence-electron chi connectivity index (χ0n) is 13.7. The van der Waals surface area contributed by atoms with Crippen molar-refractivity contribution in [2.24, 2.45) is 5.92 Å². The summed E-state index contributed by atoms with van der Waals surface area (Å²) in [6, 6.07) is 7.29. The Kier molecular flexibility index (Phi) is 6.20. The molecule has 0 aromatic heterocycles. The van der Waals surface area contributed by atoms with Crippen LogP contribution in [0.15, 0.2) is 36.9 Å². The quantitative estimate of drug-likeness (QED) is 0.792. The number of carbonyl (C=O) groups excluding carboxylic acids is 2. The normalized spacial score (nSPS) is 15.1. The molecule has 2 amide bonds. The molecule has 124 valence electrons. The van der Waals surface area contributed by atoms with Crippen LogP contribution in [0.25, 0.3) is 0 Å². The highest BCUT2D eigenvalue weighted by Gasteiger charge is 2.21. The largest absolute Gasteiger partial charge is 0.376 e. The second-order valence-corrected chi connectivity index (χ2v) is 6.00. The van der Waals surface area contributed by atoms with Crippen molar-refractivity contribution in [1.29, 1.82) is 0 Å². The van der Waals surface area contributed by atoms with E-state index in [9.17, 15) is 9.59 Å². The van der Waals surface area contributed by atoms with Gasteiger partial charge in [0.05, 0.1) is 6.54 Å². The van der Waals surface area contributed by atoms with Crippen LogP contribution in [-0.2, 0) is 4.79 Å². The molecule has 0 aliphatic carbocycles. The summed E-state index contributed by atoms with van der Waals surface area (Å²) in [5, 5.41) is 5.73. The Balaban J connectivity index is 1.85. The summed E-state index contributed by atoms with van der Waals surface area (Å²) in [5.41, 5.74) is 1.52. The fourth-order valence-electron chi connectivity index (χ4n) is 2.56. The lowest BCUT2D eigenvalue weighted by Crippen LogP contribution is -2.37. The molecule has 5 heteroatoms. The lowest BCUT2D eigenvalue weighted by Gasteiger charge is -2.30. The zero-order valence-corrected chi connectivity index (χ0v) is 13.7. The van der Waals surface area contributed by atoms with E-state index in [4.69, 9.17) is 0 Å². The molecule has 1 saturated heterocycles. The predicted molar refractivity (Wildman–Crippen MR) is 92.4 cm³/mol. The summed E-state index contributed by atoms with van der Waals surface area (Å²) >= 11 is 0. The van der Waals surface area contributed by atoms with Gasteiger partial charge in [-0.3, -0.25) is 9.59 Å². The smallest absolute Gasteiger partial charge is 0.253 e. The fourth-order valence-corrected chi connectivity index (χ4v) is 2.56. The topological polar surface area (TPSA) is 61.4 Å². The first-order valence-corrected chi connectivity index (χ1v) is 8.11. The maximum Gasteiger partial charge on any atom is 0.253 e. The molecule has 0 saturated carbocycles. The van der Waals surface area contributed by atoms with Gasteiger partial charge in [-0.25, -0.2) is 0 Å². The molecule has 1 aliphatic heterocycles. The third kappa shape index (κ3) is 5.13. The first-order valence-electron chi connectivity index (χ1n) is 8.11. The number of carbonyl (C=O) groups is 2. The van der Waals surface area contributed by atoms with E-state index in [0.717, 1.165) is 31.6 Å². The zero-order chi connectivity index (χ0) is 16.7. The molecule has 1 aliphatic rings. The molecule has 0 unspecified atom stereocenters. The van der Waals surface area contributed by atoms with Gasteiger partial charge in [-0.1, -0.05) is 13.0 Å². The Morgan fingerprint density at radius 2 is 1.91 bits per heavy atom. The number of benzene rings is 1. The van der Waals surface area contributed by atoms with Crippen molar-refractivity contribution in [2.75, 3.05) is 31.5 Å². The Morgan fingerprint density at radius 1 is 1.26 bits per heavy atom. The maximum absolute atomic E-state index is 12.4. The van der Waals surface area contributed by atoms with E-state index in [1.807, 2.05) is 29.2 Å². The molecule has 1 aromatic carbocycles. The van der Waals surface area contributed by atoms with Gasteiger partial charge in [-0.05, 0) is 43.0 Å². The van der Waals surface area contributed by atoms with Gasteiger partial charge in [0.15, 0.2) is 0 Å². The highest BCUT2D eigenvalue weighted by atomic mass is 16.2. The molecule has 1 fully saturated rings. The van der Waals surface area contributed by atoms with Gasteiger partial charge in [0.2, 0.25) is 5.91 Å². The van der Waals surface area contributed by atoms with Crippen molar-refractivity contribution in [3.63, 3.8) is 0 Å². The molecule has 5 nitrogen and oxygen atoms in total. The van der Waals surface area contributed by atoms with E-state index >= 15 is 0 Å². The van der Waals surface area contributed by atoms with E-state index in [1.54, 1.807) is 6.08 Å². The van der Waals surface area contributed by atoms with E-state index in [0.29, 0.717) is 18.0 Å².